The zero-order chi connectivity index (χ0) is 19.2. The third-order valence-electron chi connectivity index (χ3n) is 4.69. The molecule has 1 aliphatic heterocycles. The van der Waals surface area contributed by atoms with Crippen LogP contribution in [-0.4, -0.2) is 50.7 Å². The van der Waals surface area contributed by atoms with Crippen LogP contribution in [0, 0.1) is 11.6 Å². The zero-order valence-corrected chi connectivity index (χ0v) is 18.1. The number of nitrogens with two attached hydrogens (primary N) is 1. The van der Waals surface area contributed by atoms with Crippen molar-refractivity contribution in [1.29, 1.82) is 0 Å². The molecular weight excluding hydrogens is 477 g/mol. The molecule has 1 saturated heterocycles. The lowest BCUT2D eigenvalue weighted by Crippen LogP contribution is -2.51. The van der Waals surface area contributed by atoms with Crippen molar-refractivity contribution in [2.24, 2.45) is 10.7 Å². The van der Waals surface area contributed by atoms with Gasteiger partial charge in [-0.2, -0.15) is 0 Å². The van der Waals surface area contributed by atoms with Crippen LogP contribution in [0.3, 0.4) is 0 Å². The van der Waals surface area contributed by atoms with E-state index in [4.69, 9.17) is 10.5 Å². The number of aliphatic imine (C=N–C) groups is 1. The van der Waals surface area contributed by atoms with E-state index in [1.54, 1.807) is 24.3 Å². The number of guanidine groups is 1. The number of rotatable bonds is 5. The first-order valence-electron chi connectivity index (χ1n) is 8.94. The Labute approximate surface area is 181 Å². The molecule has 0 unspecified atom stereocenters. The van der Waals surface area contributed by atoms with Crippen molar-refractivity contribution in [3.63, 3.8) is 0 Å². The largest absolute Gasteiger partial charge is 0.494 e. The SMILES string of the molecule is COc1cc(CCN=C(N)N2CCN(c3ccc(F)cc3)CC2)ccc1F.I. The number of hydrogen-bond acceptors (Lipinski definition) is 3. The third kappa shape index (κ3) is 5.70. The lowest BCUT2D eigenvalue weighted by Gasteiger charge is -2.36. The average Bonchev–Trinajstić information content (AvgIpc) is 2.70. The summed E-state index contributed by atoms with van der Waals surface area (Å²) in [5.41, 5.74) is 8.08. The number of halogens is 3. The second kappa shape index (κ2) is 10.4. The predicted molar refractivity (Wildman–Crippen MR) is 119 cm³/mol. The van der Waals surface area contributed by atoms with Gasteiger partial charge in [0, 0.05) is 38.4 Å². The topological polar surface area (TPSA) is 54.1 Å². The van der Waals surface area contributed by atoms with Gasteiger partial charge < -0.3 is 20.3 Å². The Kier molecular flexibility index (Phi) is 8.28. The molecule has 0 aliphatic carbocycles. The summed E-state index contributed by atoms with van der Waals surface area (Å²) in [7, 11) is 1.45. The standard InChI is InChI=1S/C20H24F2N4O.HI/c1-27-19-14-15(2-7-18(19)22)8-9-24-20(23)26-12-10-25(11-13-26)17-5-3-16(21)4-6-17;/h2-7,14H,8-13H2,1H3,(H2,23,24);1H. The van der Waals surface area contributed by atoms with Crippen molar-refractivity contribution in [3.05, 3.63) is 59.7 Å². The van der Waals surface area contributed by atoms with E-state index in [0.717, 1.165) is 37.4 Å². The molecule has 1 heterocycles. The van der Waals surface area contributed by atoms with E-state index in [2.05, 4.69) is 9.89 Å². The van der Waals surface area contributed by atoms with Crippen LogP contribution in [0.25, 0.3) is 0 Å². The van der Waals surface area contributed by atoms with Gasteiger partial charge in [0.15, 0.2) is 17.5 Å². The van der Waals surface area contributed by atoms with Gasteiger partial charge in [-0.25, -0.2) is 8.78 Å². The lowest BCUT2D eigenvalue weighted by molar-refractivity contribution is 0.380. The van der Waals surface area contributed by atoms with Gasteiger partial charge in [0.1, 0.15) is 5.82 Å². The lowest BCUT2D eigenvalue weighted by atomic mass is 10.1. The Balaban J connectivity index is 0.00000280. The molecule has 28 heavy (non-hydrogen) atoms. The van der Waals surface area contributed by atoms with E-state index in [0.29, 0.717) is 18.9 Å². The van der Waals surface area contributed by atoms with E-state index in [1.807, 2.05) is 4.90 Å². The molecular formula is C20H25F2IN4O. The minimum absolute atomic E-state index is 0. The van der Waals surface area contributed by atoms with Crippen LogP contribution in [0.4, 0.5) is 14.5 Å². The molecule has 1 fully saturated rings. The second-order valence-electron chi connectivity index (χ2n) is 6.41. The molecule has 0 atom stereocenters. The summed E-state index contributed by atoms with van der Waals surface area (Å²) < 4.78 is 31.5. The summed E-state index contributed by atoms with van der Waals surface area (Å²) in [5, 5.41) is 0. The molecule has 0 amide bonds. The van der Waals surface area contributed by atoms with Gasteiger partial charge in [0.05, 0.1) is 7.11 Å². The Morgan fingerprint density at radius 2 is 1.75 bits per heavy atom. The maximum absolute atomic E-state index is 13.4. The number of ether oxygens (including phenoxy) is 1. The molecule has 2 aromatic rings. The molecule has 152 valence electrons. The highest BCUT2D eigenvalue weighted by Gasteiger charge is 2.18. The third-order valence-corrected chi connectivity index (χ3v) is 4.69. The fourth-order valence-corrected chi connectivity index (χ4v) is 3.10. The average molecular weight is 502 g/mol. The number of hydrogen-bond donors (Lipinski definition) is 1. The summed E-state index contributed by atoms with van der Waals surface area (Å²) >= 11 is 0. The summed E-state index contributed by atoms with van der Waals surface area (Å²) in [5.74, 6) is 0.153. The molecule has 0 bridgehead atoms. The Bertz CT molecular complexity index is 793. The van der Waals surface area contributed by atoms with Gasteiger partial charge in [0.2, 0.25) is 0 Å². The van der Waals surface area contributed by atoms with Crippen LogP contribution in [-0.2, 0) is 6.42 Å². The van der Waals surface area contributed by atoms with Crippen molar-refractivity contribution < 1.29 is 13.5 Å². The number of piperazine rings is 1. The second-order valence-corrected chi connectivity index (χ2v) is 6.41. The molecule has 1 aliphatic rings. The molecule has 0 saturated carbocycles. The van der Waals surface area contributed by atoms with Crippen molar-refractivity contribution in [1.82, 2.24) is 4.90 Å². The number of nitrogens with zero attached hydrogens (tertiary/aromatic N) is 3. The van der Waals surface area contributed by atoms with Gasteiger partial charge in [-0.3, -0.25) is 4.99 Å². The van der Waals surface area contributed by atoms with E-state index in [-0.39, 0.29) is 41.4 Å². The quantitative estimate of drug-likeness (QED) is 0.388. The smallest absolute Gasteiger partial charge is 0.191 e. The Morgan fingerprint density at radius 1 is 1.07 bits per heavy atom. The highest BCUT2D eigenvalue weighted by molar-refractivity contribution is 14.0. The van der Waals surface area contributed by atoms with Crippen molar-refractivity contribution in [2.45, 2.75) is 6.42 Å². The van der Waals surface area contributed by atoms with E-state index in [9.17, 15) is 8.78 Å². The number of anilines is 1. The van der Waals surface area contributed by atoms with Gasteiger partial charge in [-0.15, -0.1) is 24.0 Å². The van der Waals surface area contributed by atoms with Crippen LogP contribution in [0.1, 0.15) is 5.56 Å². The van der Waals surface area contributed by atoms with Gasteiger partial charge in [-0.1, -0.05) is 6.07 Å². The van der Waals surface area contributed by atoms with E-state index >= 15 is 0 Å². The van der Waals surface area contributed by atoms with Crippen molar-refractivity contribution in [3.8, 4) is 5.75 Å². The molecule has 2 aromatic carbocycles. The first-order chi connectivity index (χ1) is 13.1. The molecule has 2 N–H and O–H groups in total. The molecule has 3 rings (SSSR count). The molecule has 0 radical (unpaired) electrons. The summed E-state index contributed by atoms with van der Waals surface area (Å²) in [4.78, 5) is 8.70. The van der Waals surface area contributed by atoms with E-state index in [1.165, 1.54) is 25.3 Å². The summed E-state index contributed by atoms with van der Waals surface area (Å²) in [6, 6.07) is 11.3. The Morgan fingerprint density at radius 3 is 2.39 bits per heavy atom. The highest BCUT2D eigenvalue weighted by Crippen LogP contribution is 2.19. The van der Waals surface area contributed by atoms with Crippen LogP contribution in [0.2, 0.25) is 0 Å². The molecule has 0 spiro atoms. The highest BCUT2D eigenvalue weighted by atomic mass is 127. The molecule has 0 aromatic heterocycles. The first kappa shape index (κ1) is 22.2. The summed E-state index contributed by atoms with van der Waals surface area (Å²) in [6.45, 7) is 3.65. The first-order valence-corrected chi connectivity index (χ1v) is 8.94. The molecule has 5 nitrogen and oxygen atoms in total. The fourth-order valence-electron chi connectivity index (χ4n) is 3.10. The maximum Gasteiger partial charge on any atom is 0.191 e. The van der Waals surface area contributed by atoms with Crippen molar-refractivity contribution in [2.75, 3.05) is 44.7 Å². The molecule has 8 heteroatoms. The van der Waals surface area contributed by atoms with E-state index < -0.39 is 0 Å². The number of methoxy groups -OCH3 is 1. The minimum Gasteiger partial charge on any atom is -0.494 e. The summed E-state index contributed by atoms with van der Waals surface area (Å²) in [6.07, 6.45) is 0.660. The van der Waals surface area contributed by atoms with Crippen LogP contribution in [0.15, 0.2) is 47.5 Å². The fraction of sp³-hybridized carbons (Fsp3) is 0.350. The van der Waals surface area contributed by atoms with Crippen LogP contribution >= 0.6 is 24.0 Å². The van der Waals surface area contributed by atoms with Crippen molar-refractivity contribution >= 4 is 35.6 Å². The normalized spacial score (nSPS) is 14.6. The zero-order valence-electron chi connectivity index (χ0n) is 15.8. The van der Waals surface area contributed by atoms with Gasteiger partial charge >= 0.3 is 0 Å². The van der Waals surface area contributed by atoms with Crippen LogP contribution in [0.5, 0.6) is 5.75 Å². The monoisotopic (exact) mass is 502 g/mol. The minimum atomic E-state index is -0.372. The van der Waals surface area contributed by atoms with Crippen LogP contribution < -0.4 is 15.4 Å². The van der Waals surface area contributed by atoms with Gasteiger partial charge in [0.25, 0.3) is 0 Å². The predicted octanol–water partition coefficient (Wildman–Crippen LogP) is 3.27. The van der Waals surface area contributed by atoms with Gasteiger partial charge in [-0.05, 0) is 48.4 Å². The maximum atomic E-state index is 13.4. The Hall–Kier alpha value is -2.10. The number of benzene rings is 2.